The van der Waals surface area contributed by atoms with Crippen LogP contribution in [0.15, 0.2) is 51.7 Å². The van der Waals surface area contributed by atoms with E-state index in [9.17, 15) is 9.59 Å². The van der Waals surface area contributed by atoms with Gasteiger partial charge in [-0.25, -0.2) is 4.98 Å². The molecule has 5 rings (SSSR count). The van der Waals surface area contributed by atoms with Crippen molar-refractivity contribution in [3.05, 3.63) is 80.2 Å². The number of halogens is 1. The maximum absolute atomic E-state index is 13.4. The molecule has 0 spiro atoms. The minimum absolute atomic E-state index is 0.0792. The van der Waals surface area contributed by atoms with E-state index >= 15 is 0 Å². The number of hydrogen-bond donors (Lipinski definition) is 1. The van der Waals surface area contributed by atoms with E-state index in [4.69, 9.17) is 26.5 Å². The number of primary amides is 1. The van der Waals surface area contributed by atoms with Crippen LogP contribution in [0.1, 0.15) is 40.2 Å². The van der Waals surface area contributed by atoms with E-state index in [1.54, 1.807) is 19.9 Å². The number of nitrogens with zero attached hydrogens (tertiary/aromatic N) is 3. The van der Waals surface area contributed by atoms with Gasteiger partial charge in [-0.1, -0.05) is 11.6 Å². The van der Waals surface area contributed by atoms with Gasteiger partial charge in [0.05, 0.1) is 17.1 Å². The average Bonchev–Trinajstić information content (AvgIpc) is 3.30. The zero-order chi connectivity index (χ0) is 24.9. The van der Waals surface area contributed by atoms with Gasteiger partial charge in [-0.05, 0) is 68.8 Å². The molecule has 5 aromatic rings. The van der Waals surface area contributed by atoms with Crippen LogP contribution in [0.5, 0.6) is 5.75 Å². The standard InChI is InChI=1S/C25H19ClN4O4S/c1-11-8-15(13(3)33-19-6-7-20(26)28-21(19)25(27)32)24-16(9-11)22(31)12(2)23(34-24)14-4-5-17-18(10-14)30-35-29-17/h4-10,13H,1-3H3,(H2,27,32)/t13-/m1/s1. The lowest BCUT2D eigenvalue weighted by Crippen LogP contribution is -2.17. The summed E-state index contributed by atoms with van der Waals surface area (Å²) in [6, 6.07) is 12.3. The Hall–Kier alpha value is -3.82. The lowest BCUT2D eigenvalue weighted by molar-refractivity contribution is 0.0988. The van der Waals surface area contributed by atoms with Gasteiger partial charge in [-0.2, -0.15) is 8.75 Å². The highest BCUT2D eigenvalue weighted by molar-refractivity contribution is 7.00. The highest BCUT2D eigenvalue weighted by Crippen LogP contribution is 2.34. The zero-order valence-corrected chi connectivity index (χ0v) is 20.5. The normalized spacial score (nSPS) is 12.2. The molecule has 0 bridgehead atoms. The van der Waals surface area contributed by atoms with Gasteiger partial charge in [0.25, 0.3) is 5.91 Å². The van der Waals surface area contributed by atoms with Crippen molar-refractivity contribution in [3.63, 3.8) is 0 Å². The number of aromatic nitrogens is 3. The number of rotatable bonds is 5. The number of fused-ring (bicyclic) bond motifs is 2. The molecule has 2 N–H and O–H groups in total. The van der Waals surface area contributed by atoms with Gasteiger partial charge in [0.1, 0.15) is 33.6 Å². The maximum Gasteiger partial charge on any atom is 0.271 e. The van der Waals surface area contributed by atoms with Crippen LogP contribution in [0.4, 0.5) is 0 Å². The van der Waals surface area contributed by atoms with Crippen molar-refractivity contribution in [3.8, 4) is 17.1 Å². The number of amides is 1. The minimum Gasteiger partial charge on any atom is -0.483 e. The topological polar surface area (TPSA) is 121 Å². The van der Waals surface area contributed by atoms with Crippen molar-refractivity contribution >= 4 is 51.2 Å². The Labute approximate surface area is 208 Å². The van der Waals surface area contributed by atoms with Gasteiger partial charge in [0.15, 0.2) is 16.9 Å². The average molecular weight is 507 g/mol. The number of carbonyl (C=O) groups is 1. The van der Waals surface area contributed by atoms with E-state index in [1.807, 2.05) is 31.2 Å². The Kier molecular flexibility index (Phi) is 5.74. The molecule has 3 heterocycles. The van der Waals surface area contributed by atoms with Crippen molar-refractivity contribution in [2.75, 3.05) is 0 Å². The van der Waals surface area contributed by atoms with E-state index in [2.05, 4.69) is 13.7 Å². The summed E-state index contributed by atoms with van der Waals surface area (Å²) in [5.74, 6) is -0.138. The smallest absolute Gasteiger partial charge is 0.271 e. The minimum atomic E-state index is -0.764. The number of aryl methyl sites for hydroxylation is 1. The first-order valence-electron chi connectivity index (χ1n) is 10.7. The van der Waals surface area contributed by atoms with Crippen molar-refractivity contribution in [1.29, 1.82) is 0 Å². The first-order chi connectivity index (χ1) is 16.7. The van der Waals surface area contributed by atoms with Crippen LogP contribution in [0.2, 0.25) is 5.15 Å². The van der Waals surface area contributed by atoms with Crippen molar-refractivity contribution in [2.24, 2.45) is 5.73 Å². The summed E-state index contributed by atoms with van der Waals surface area (Å²) in [4.78, 5) is 29.2. The molecule has 0 unspecified atom stereocenters. The zero-order valence-electron chi connectivity index (χ0n) is 19.0. The summed E-state index contributed by atoms with van der Waals surface area (Å²) in [6.45, 7) is 5.42. The van der Waals surface area contributed by atoms with E-state index in [1.165, 1.54) is 12.1 Å². The number of pyridine rings is 1. The summed E-state index contributed by atoms with van der Waals surface area (Å²) in [7, 11) is 0. The summed E-state index contributed by atoms with van der Waals surface area (Å²) >= 11 is 7.04. The third-order valence-electron chi connectivity index (χ3n) is 5.71. The SMILES string of the molecule is Cc1cc([C@@H](C)Oc2ccc(Cl)nc2C(N)=O)c2oc(-c3ccc4nsnc4c3)c(C)c(=O)c2c1. The van der Waals surface area contributed by atoms with E-state index in [0.29, 0.717) is 27.9 Å². The molecule has 176 valence electrons. The number of benzene rings is 2. The first-order valence-corrected chi connectivity index (χ1v) is 11.8. The van der Waals surface area contributed by atoms with E-state index in [0.717, 1.165) is 33.9 Å². The second kappa shape index (κ2) is 8.75. The number of carbonyl (C=O) groups excluding carboxylic acids is 1. The quantitative estimate of drug-likeness (QED) is 0.318. The van der Waals surface area contributed by atoms with Gasteiger partial charge < -0.3 is 14.9 Å². The Morgan fingerprint density at radius 3 is 2.66 bits per heavy atom. The Morgan fingerprint density at radius 2 is 1.89 bits per heavy atom. The van der Waals surface area contributed by atoms with Gasteiger partial charge >= 0.3 is 0 Å². The molecule has 0 saturated heterocycles. The van der Waals surface area contributed by atoms with Crippen molar-refractivity contribution < 1.29 is 13.9 Å². The van der Waals surface area contributed by atoms with Crippen LogP contribution >= 0.6 is 23.3 Å². The lowest BCUT2D eigenvalue weighted by atomic mass is 10.00. The third-order valence-corrected chi connectivity index (χ3v) is 6.47. The van der Waals surface area contributed by atoms with Gasteiger partial charge in [0.2, 0.25) is 0 Å². The molecule has 0 fully saturated rings. The Bertz CT molecular complexity index is 1700. The fourth-order valence-electron chi connectivity index (χ4n) is 4.02. The molecule has 2 aromatic carbocycles. The molecular formula is C25H19ClN4O4S. The van der Waals surface area contributed by atoms with Gasteiger partial charge in [-0.15, -0.1) is 0 Å². The molecule has 0 saturated carbocycles. The monoisotopic (exact) mass is 506 g/mol. The number of nitrogens with two attached hydrogens (primary N) is 1. The molecular weight excluding hydrogens is 488 g/mol. The fraction of sp³-hybridized carbons (Fsp3) is 0.160. The molecule has 0 aliphatic rings. The predicted octanol–water partition coefficient (Wildman–Crippen LogP) is 5.37. The highest BCUT2D eigenvalue weighted by Gasteiger charge is 2.22. The van der Waals surface area contributed by atoms with Crippen LogP contribution < -0.4 is 15.9 Å². The van der Waals surface area contributed by atoms with E-state index in [-0.39, 0.29) is 22.0 Å². The summed E-state index contributed by atoms with van der Waals surface area (Å²) in [6.07, 6.45) is -0.609. The molecule has 0 aliphatic carbocycles. The summed E-state index contributed by atoms with van der Waals surface area (Å²) in [5.41, 5.74) is 9.85. The van der Waals surface area contributed by atoms with Gasteiger partial charge in [-0.3, -0.25) is 9.59 Å². The second-order valence-corrected chi connectivity index (χ2v) is 9.10. The van der Waals surface area contributed by atoms with Crippen LogP contribution in [0, 0.1) is 13.8 Å². The fourth-order valence-corrected chi connectivity index (χ4v) is 4.68. The molecule has 8 nitrogen and oxygen atoms in total. The van der Waals surface area contributed by atoms with Crippen molar-refractivity contribution in [1.82, 2.24) is 13.7 Å². The second-order valence-electron chi connectivity index (χ2n) is 8.19. The molecule has 1 amide bonds. The van der Waals surface area contributed by atoms with Crippen LogP contribution in [0.3, 0.4) is 0 Å². The molecule has 0 radical (unpaired) electrons. The van der Waals surface area contributed by atoms with Crippen LogP contribution in [0.25, 0.3) is 33.3 Å². The highest BCUT2D eigenvalue weighted by atomic mass is 35.5. The lowest BCUT2D eigenvalue weighted by Gasteiger charge is -2.19. The summed E-state index contributed by atoms with van der Waals surface area (Å²) in [5, 5.41) is 0.565. The first kappa shape index (κ1) is 22.9. The number of ether oxygens (including phenoxy) is 1. The number of hydrogen-bond acceptors (Lipinski definition) is 8. The van der Waals surface area contributed by atoms with Crippen molar-refractivity contribution in [2.45, 2.75) is 26.9 Å². The molecule has 10 heteroatoms. The molecule has 0 aliphatic heterocycles. The summed E-state index contributed by atoms with van der Waals surface area (Å²) < 4.78 is 21.0. The van der Waals surface area contributed by atoms with E-state index < -0.39 is 12.0 Å². The van der Waals surface area contributed by atoms with Gasteiger partial charge in [0, 0.05) is 16.7 Å². The molecule has 3 aromatic heterocycles. The predicted molar refractivity (Wildman–Crippen MR) is 135 cm³/mol. The third kappa shape index (κ3) is 4.13. The van der Waals surface area contributed by atoms with Crippen LogP contribution in [-0.2, 0) is 0 Å². The largest absolute Gasteiger partial charge is 0.483 e. The molecule has 35 heavy (non-hydrogen) atoms. The molecule has 1 atom stereocenters. The maximum atomic E-state index is 13.4. The Morgan fingerprint density at radius 1 is 1.11 bits per heavy atom. The van der Waals surface area contributed by atoms with Crippen LogP contribution in [-0.4, -0.2) is 19.6 Å². The Balaban J connectivity index is 1.67.